The van der Waals surface area contributed by atoms with Crippen LogP contribution in [-0.2, 0) is 36.5 Å². The highest BCUT2D eigenvalue weighted by atomic mass is 17.5. The van der Waals surface area contributed by atoms with Crippen LogP contribution in [0.2, 0.25) is 0 Å². The number of hydrogen-bond acceptors (Lipinski definition) is 6. The standard InChI is InChI=1S/C24H34O6/c1-6-25-17-18-27-30-28-23-20(11-10-14-22(23)19(2)3)15-16-26-29-24(4,5)21-12-8-7-9-13-21/h7-14,19H,6,15-18H2,1-5H3. The van der Waals surface area contributed by atoms with Crippen LogP contribution in [0.25, 0.3) is 0 Å². The van der Waals surface area contributed by atoms with Gasteiger partial charge in [-0.2, -0.15) is 4.89 Å². The van der Waals surface area contributed by atoms with E-state index in [1.807, 2.05) is 69.3 Å². The predicted molar refractivity (Wildman–Crippen MR) is 115 cm³/mol. The molecule has 0 aliphatic carbocycles. The first-order chi connectivity index (χ1) is 14.5. The Morgan fingerprint density at radius 2 is 1.63 bits per heavy atom. The van der Waals surface area contributed by atoms with Gasteiger partial charge in [-0.3, -0.25) is 0 Å². The molecule has 0 saturated carbocycles. The van der Waals surface area contributed by atoms with Gasteiger partial charge in [0.15, 0.2) is 5.75 Å². The Labute approximate surface area is 179 Å². The number of hydrogen-bond donors (Lipinski definition) is 0. The summed E-state index contributed by atoms with van der Waals surface area (Å²) in [5.41, 5.74) is 2.49. The maximum Gasteiger partial charge on any atom is 0.175 e. The molecule has 0 aliphatic heterocycles. The topological polar surface area (TPSA) is 55.4 Å². The molecule has 0 N–H and O–H groups in total. The van der Waals surface area contributed by atoms with Crippen molar-refractivity contribution >= 4 is 0 Å². The zero-order valence-electron chi connectivity index (χ0n) is 18.7. The molecule has 0 unspecified atom stereocenters. The molecule has 6 heteroatoms. The summed E-state index contributed by atoms with van der Waals surface area (Å²) in [7, 11) is 0. The minimum atomic E-state index is -0.544. The Morgan fingerprint density at radius 1 is 0.867 bits per heavy atom. The van der Waals surface area contributed by atoms with Crippen molar-refractivity contribution in [2.45, 2.75) is 52.6 Å². The van der Waals surface area contributed by atoms with Crippen LogP contribution in [0.15, 0.2) is 48.5 Å². The molecule has 0 heterocycles. The van der Waals surface area contributed by atoms with Crippen molar-refractivity contribution in [3.05, 3.63) is 65.2 Å². The minimum absolute atomic E-state index is 0.265. The van der Waals surface area contributed by atoms with Gasteiger partial charge in [-0.05, 0) is 37.3 Å². The summed E-state index contributed by atoms with van der Waals surface area (Å²) in [6.45, 7) is 11.8. The molecular weight excluding hydrogens is 384 g/mol. The Morgan fingerprint density at radius 3 is 2.33 bits per heavy atom. The summed E-state index contributed by atoms with van der Waals surface area (Å²) in [4.78, 5) is 21.8. The molecule has 0 radical (unpaired) electrons. The second-order valence-corrected chi connectivity index (χ2v) is 7.69. The highest BCUT2D eigenvalue weighted by molar-refractivity contribution is 5.43. The molecule has 2 aromatic rings. The van der Waals surface area contributed by atoms with Gasteiger partial charge in [0.1, 0.15) is 12.2 Å². The Bertz CT molecular complexity index is 730. The average Bonchev–Trinajstić information content (AvgIpc) is 2.74. The maximum atomic E-state index is 5.68. The van der Waals surface area contributed by atoms with E-state index in [2.05, 4.69) is 13.8 Å². The van der Waals surface area contributed by atoms with Crippen LogP contribution in [0.3, 0.4) is 0 Å². The molecule has 0 aromatic heterocycles. The largest absolute Gasteiger partial charge is 0.379 e. The van der Waals surface area contributed by atoms with Gasteiger partial charge in [0.25, 0.3) is 0 Å². The lowest BCUT2D eigenvalue weighted by Crippen LogP contribution is -2.22. The zero-order valence-corrected chi connectivity index (χ0v) is 18.7. The summed E-state index contributed by atoms with van der Waals surface area (Å²) >= 11 is 0. The monoisotopic (exact) mass is 418 g/mol. The van der Waals surface area contributed by atoms with Crippen LogP contribution in [0.5, 0.6) is 5.75 Å². The van der Waals surface area contributed by atoms with Crippen LogP contribution < -0.4 is 4.89 Å². The van der Waals surface area contributed by atoms with E-state index in [1.54, 1.807) is 0 Å². The van der Waals surface area contributed by atoms with Crippen molar-refractivity contribution in [2.24, 2.45) is 0 Å². The lowest BCUT2D eigenvalue weighted by atomic mass is 9.98. The molecule has 0 atom stereocenters. The number of ether oxygens (including phenoxy) is 1. The lowest BCUT2D eigenvalue weighted by Gasteiger charge is -2.24. The third kappa shape index (κ3) is 7.70. The van der Waals surface area contributed by atoms with Gasteiger partial charge in [-0.25, -0.2) is 9.78 Å². The van der Waals surface area contributed by atoms with Gasteiger partial charge < -0.3 is 9.62 Å². The molecule has 30 heavy (non-hydrogen) atoms. The zero-order chi connectivity index (χ0) is 21.8. The SMILES string of the molecule is CCOCCOOOc1c(CCOOC(C)(C)c2ccccc2)cccc1C(C)C. The summed E-state index contributed by atoms with van der Waals surface area (Å²) in [6.07, 6.45) is 0.600. The highest BCUT2D eigenvalue weighted by Gasteiger charge is 2.22. The van der Waals surface area contributed by atoms with Crippen LogP contribution in [0.1, 0.15) is 57.2 Å². The highest BCUT2D eigenvalue weighted by Crippen LogP contribution is 2.31. The third-order valence-electron chi connectivity index (χ3n) is 4.62. The van der Waals surface area contributed by atoms with E-state index in [4.69, 9.17) is 29.3 Å². The summed E-state index contributed by atoms with van der Waals surface area (Å²) in [6, 6.07) is 16.0. The van der Waals surface area contributed by atoms with Crippen molar-refractivity contribution in [3.8, 4) is 5.75 Å². The third-order valence-corrected chi connectivity index (χ3v) is 4.62. The van der Waals surface area contributed by atoms with E-state index < -0.39 is 5.60 Å². The molecule has 0 spiro atoms. The van der Waals surface area contributed by atoms with E-state index in [-0.39, 0.29) is 5.92 Å². The summed E-state index contributed by atoms with van der Waals surface area (Å²) in [5, 5.41) is 4.96. The fraction of sp³-hybridized carbons (Fsp3) is 0.500. The first-order valence-electron chi connectivity index (χ1n) is 10.5. The molecule has 0 amide bonds. The molecule has 0 aliphatic rings. The fourth-order valence-corrected chi connectivity index (χ4v) is 2.92. The Hall–Kier alpha value is -1.96. The number of para-hydroxylation sites is 1. The molecule has 166 valence electrons. The Kier molecular flexibility index (Phi) is 10.3. The van der Waals surface area contributed by atoms with Crippen molar-refractivity contribution in [1.29, 1.82) is 0 Å². The van der Waals surface area contributed by atoms with Gasteiger partial charge in [-0.15, -0.1) is 0 Å². The lowest BCUT2D eigenvalue weighted by molar-refractivity contribution is -0.467. The van der Waals surface area contributed by atoms with Gasteiger partial charge in [0, 0.05) is 24.2 Å². The number of benzene rings is 2. The molecule has 0 bridgehead atoms. The van der Waals surface area contributed by atoms with Gasteiger partial charge in [0.2, 0.25) is 0 Å². The first-order valence-corrected chi connectivity index (χ1v) is 10.5. The smallest absolute Gasteiger partial charge is 0.175 e. The van der Waals surface area contributed by atoms with Crippen molar-refractivity contribution < 1.29 is 29.3 Å². The number of rotatable bonds is 14. The van der Waals surface area contributed by atoms with Gasteiger partial charge in [-0.1, -0.05) is 62.4 Å². The second kappa shape index (κ2) is 12.7. The van der Waals surface area contributed by atoms with Crippen LogP contribution in [-0.4, -0.2) is 26.4 Å². The average molecular weight is 419 g/mol. The molecule has 2 aromatic carbocycles. The molecule has 2 rings (SSSR count). The van der Waals surface area contributed by atoms with E-state index in [0.717, 1.165) is 16.7 Å². The molecular formula is C24H34O6. The second-order valence-electron chi connectivity index (χ2n) is 7.69. The molecule has 6 nitrogen and oxygen atoms in total. The normalized spacial score (nSPS) is 11.8. The van der Waals surface area contributed by atoms with E-state index >= 15 is 0 Å². The van der Waals surface area contributed by atoms with Crippen LogP contribution in [0.4, 0.5) is 0 Å². The predicted octanol–water partition coefficient (Wildman–Crippen LogP) is 5.51. The van der Waals surface area contributed by atoms with Crippen LogP contribution >= 0.6 is 0 Å². The Balaban J connectivity index is 1.91. The first kappa shape index (κ1) is 24.3. The maximum absolute atomic E-state index is 5.68. The molecule has 0 saturated heterocycles. The quantitative estimate of drug-likeness (QED) is 0.229. The van der Waals surface area contributed by atoms with Crippen molar-refractivity contribution in [3.63, 3.8) is 0 Å². The summed E-state index contributed by atoms with van der Waals surface area (Å²) in [5.74, 6) is 0.913. The van der Waals surface area contributed by atoms with Crippen molar-refractivity contribution in [2.75, 3.05) is 26.4 Å². The van der Waals surface area contributed by atoms with Gasteiger partial charge in [0.05, 0.1) is 13.2 Å². The van der Waals surface area contributed by atoms with E-state index in [9.17, 15) is 0 Å². The van der Waals surface area contributed by atoms with Crippen molar-refractivity contribution in [1.82, 2.24) is 0 Å². The van der Waals surface area contributed by atoms with Crippen LogP contribution in [0, 0.1) is 0 Å². The fourth-order valence-electron chi connectivity index (χ4n) is 2.92. The van der Waals surface area contributed by atoms with E-state index in [1.165, 1.54) is 0 Å². The van der Waals surface area contributed by atoms with Gasteiger partial charge >= 0.3 is 0 Å². The summed E-state index contributed by atoms with van der Waals surface area (Å²) < 4.78 is 5.21. The minimum Gasteiger partial charge on any atom is -0.379 e. The molecule has 0 fully saturated rings. The van der Waals surface area contributed by atoms with E-state index in [0.29, 0.717) is 38.6 Å².